The van der Waals surface area contributed by atoms with Crippen LogP contribution in [0.1, 0.15) is 46.0 Å². The van der Waals surface area contributed by atoms with Crippen LogP contribution in [0.5, 0.6) is 0 Å². The minimum Gasteiger partial charge on any atom is -0.377 e. The van der Waals surface area contributed by atoms with Crippen LogP contribution in [0, 0.1) is 11.8 Å². The largest absolute Gasteiger partial charge is 0.377 e. The average Bonchev–Trinajstić information content (AvgIpc) is 3.05. The molecule has 2 fully saturated rings. The van der Waals surface area contributed by atoms with E-state index in [0.29, 0.717) is 24.9 Å². The molecule has 2 atom stereocenters. The van der Waals surface area contributed by atoms with Crippen LogP contribution < -0.4 is 10.0 Å². The van der Waals surface area contributed by atoms with E-state index in [4.69, 9.17) is 4.74 Å². The maximum atomic E-state index is 12.2. The molecule has 2 N–H and O–H groups in total. The van der Waals surface area contributed by atoms with E-state index in [0.717, 1.165) is 44.9 Å². The molecule has 7 nitrogen and oxygen atoms in total. The van der Waals surface area contributed by atoms with Gasteiger partial charge in [-0.15, -0.1) is 24.0 Å². The molecular formula is C18H37IN4O3S. The predicted octanol–water partition coefficient (Wildman–Crippen LogP) is 2.04. The lowest BCUT2D eigenvalue weighted by molar-refractivity contribution is 0.0200. The maximum absolute atomic E-state index is 12.2. The summed E-state index contributed by atoms with van der Waals surface area (Å²) < 4.78 is 32.6. The topological polar surface area (TPSA) is 83.0 Å². The van der Waals surface area contributed by atoms with Crippen molar-refractivity contribution in [1.82, 2.24) is 14.9 Å². The smallest absolute Gasteiger partial charge is 0.213 e. The van der Waals surface area contributed by atoms with Crippen LogP contribution in [-0.2, 0) is 14.8 Å². The second kappa shape index (κ2) is 12.4. The molecule has 160 valence electrons. The van der Waals surface area contributed by atoms with Gasteiger partial charge < -0.3 is 15.0 Å². The van der Waals surface area contributed by atoms with E-state index in [-0.39, 0.29) is 35.8 Å². The highest BCUT2D eigenvalue weighted by Gasteiger charge is 2.25. The highest BCUT2D eigenvalue weighted by Crippen LogP contribution is 2.23. The van der Waals surface area contributed by atoms with Crippen molar-refractivity contribution in [3.8, 4) is 0 Å². The van der Waals surface area contributed by atoms with Gasteiger partial charge in [-0.05, 0) is 43.9 Å². The number of ether oxygens (including phenoxy) is 1. The molecule has 9 heteroatoms. The molecule has 0 aromatic carbocycles. The van der Waals surface area contributed by atoms with Crippen molar-refractivity contribution in [3.63, 3.8) is 0 Å². The van der Waals surface area contributed by atoms with Crippen molar-refractivity contribution in [1.29, 1.82) is 0 Å². The van der Waals surface area contributed by atoms with E-state index < -0.39 is 10.0 Å². The molecule has 2 aliphatic heterocycles. The van der Waals surface area contributed by atoms with Crippen molar-refractivity contribution in [2.24, 2.45) is 16.8 Å². The summed E-state index contributed by atoms with van der Waals surface area (Å²) >= 11 is 0. The second-order valence-corrected chi connectivity index (χ2v) is 9.79. The van der Waals surface area contributed by atoms with Gasteiger partial charge in [0, 0.05) is 39.8 Å². The van der Waals surface area contributed by atoms with Crippen LogP contribution in [0.3, 0.4) is 0 Å². The number of hydrogen-bond acceptors (Lipinski definition) is 4. The van der Waals surface area contributed by atoms with Crippen molar-refractivity contribution >= 4 is 40.0 Å². The Morgan fingerprint density at radius 1 is 1.30 bits per heavy atom. The number of nitrogens with zero attached hydrogens (tertiary/aromatic N) is 2. The summed E-state index contributed by atoms with van der Waals surface area (Å²) in [5.74, 6) is 2.26. The SMILES string of the molecule is CN=C(NCCS(=O)(=O)NCC1CCCCO1)N1CCC(CC(C)C)C1.I. The van der Waals surface area contributed by atoms with E-state index in [9.17, 15) is 8.42 Å². The van der Waals surface area contributed by atoms with Crippen molar-refractivity contribution < 1.29 is 13.2 Å². The molecule has 27 heavy (non-hydrogen) atoms. The molecule has 0 aromatic rings. The van der Waals surface area contributed by atoms with Crippen LogP contribution >= 0.6 is 24.0 Å². The van der Waals surface area contributed by atoms with Crippen molar-refractivity contribution in [2.45, 2.75) is 52.1 Å². The molecule has 0 saturated carbocycles. The maximum Gasteiger partial charge on any atom is 0.213 e. The van der Waals surface area contributed by atoms with E-state index in [1.165, 1.54) is 12.8 Å². The third kappa shape index (κ3) is 9.27. The van der Waals surface area contributed by atoms with E-state index in [2.05, 4.69) is 33.8 Å². The number of aliphatic imine (C=N–C) groups is 1. The highest BCUT2D eigenvalue weighted by molar-refractivity contribution is 14.0. The molecule has 2 aliphatic rings. The third-order valence-electron chi connectivity index (χ3n) is 5.06. The normalized spacial score (nSPS) is 24.1. The minimum atomic E-state index is -3.30. The lowest BCUT2D eigenvalue weighted by atomic mass is 9.97. The molecule has 0 bridgehead atoms. The zero-order valence-corrected chi connectivity index (χ0v) is 20.1. The van der Waals surface area contributed by atoms with Crippen LogP contribution in [0.2, 0.25) is 0 Å². The summed E-state index contributed by atoms with van der Waals surface area (Å²) in [5.41, 5.74) is 0. The Bertz CT molecular complexity index is 551. The summed E-state index contributed by atoms with van der Waals surface area (Å²) in [5, 5.41) is 3.20. The van der Waals surface area contributed by atoms with E-state index in [1.807, 2.05) is 0 Å². The van der Waals surface area contributed by atoms with Crippen LogP contribution in [0.4, 0.5) is 0 Å². The Balaban J connectivity index is 0.00000364. The average molecular weight is 516 g/mol. The number of nitrogens with one attached hydrogen (secondary N) is 2. The zero-order chi connectivity index (χ0) is 19.0. The quantitative estimate of drug-likeness (QED) is 0.293. The van der Waals surface area contributed by atoms with E-state index in [1.54, 1.807) is 7.05 Å². The first-order chi connectivity index (χ1) is 12.4. The van der Waals surface area contributed by atoms with E-state index >= 15 is 0 Å². The standard InChI is InChI=1S/C18H36N4O3S.HI/c1-15(2)12-16-7-9-22(14-16)18(19-3)20-8-11-26(23,24)21-13-17-6-4-5-10-25-17;/h15-17,21H,4-14H2,1-3H3,(H,19,20);1H. The van der Waals surface area contributed by atoms with Gasteiger partial charge in [-0.2, -0.15) is 0 Å². The second-order valence-electron chi connectivity index (χ2n) is 7.86. The molecule has 0 aliphatic carbocycles. The Morgan fingerprint density at radius 3 is 2.70 bits per heavy atom. The predicted molar refractivity (Wildman–Crippen MR) is 121 cm³/mol. The first-order valence-corrected chi connectivity index (χ1v) is 11.6. The molecule has 0 aromatic heterocycles. The van der Waals surface area contributed by atoms with Gasteiger partial charge in [0.15, 0.2) is 5.96 Å². The molecule has 0 radical (unpaired) electrons. The molecule has 2 saturated heterocycles. The number of halogens is 1. The van der Waals surface area contributed by atoms with Crippen molar-refractivity contribution in [2.75, 3.05) is 45.6 Å². The molecule has 0 amide bonds. The third-order valence-corrected chi connectivity index (χ3v) is 6.41. The van der Waals surface area contributed by atoms with Crippen LogP contribution in [0.25, 0.3) is 0 Å². The summed E-state index contributed by atoms with van der Waals surface area (Å²) in [6.07, 6.45) is 5.54. The number of hydrogen-bond donors (Lipinski definition) is 2. The van der Waals surface area contributed by atoms with Gasteiger partial charge in [0.2, 0.25) is 10.0 Å². The minimum absolute atomic E-state index is 0. The monoisotopic (exact) mass is 516 g/mol. The number of rotatable bonds is 8. The van der Waals surface area contributed by atoms with Crippen molar-refractivity contribution in [3.05, 3.63) is 0 Å². The summed E-state index contributed by atoms with van der Waals surface area (Å²) in [7, 11) is -1.55. The molecule has 0 spiro atoms. The van der Waals surface area contributed by atoms with Gasteiger partial charge in [0.05, 0.1) is 11.9 Å². The fourth-order valence-corrected chi connectivity index (χ4v) is 4.73. The molecule has 2 unspecified atom stereocenters. The van der Waals surface area contributed by atoms with Gasteiger partial charge in [0.1, 0.15) is 0 Å². The zero-order valence-electron chi connectivity index (χ0n) is 16.9. The lowest BCUT2D eigenvalue weighted by Gasteiger charge is -2.23. The van der Waals surface area contributed by atoms with Gasteiger partial charge in [-0.1, -0.05) is 13.8 Å². The van der Waals surface area contributed by atoms with Gasteiger partial charge >= 0.3 is 0 Å². The molecular weight excluding hydrogens is 479 g/mol. The first kappa shape index (κ1) is 24.9. The Morgan fingerprint density at radius 2 is 2.07 bits per heavy atom. The van der Waals surface area contributed by atoms with Crippen LogP contribution in [0.15, 0.2) is 4.99 Å². The van der Waals surface area contributed by atoms with Gasteiger partial charge in [-0.25, -0.2) is 13.1 Å². The first-order valence-electron chi connectivity index (χ1n) is 9.94. The van der Waals surface area contributed by atoms with Crippen LogP contribution in [-0.4, -0.2) is 71.0 Å². The molecule has 2 rings (SSSR count). The summed E-state index contributed by atoms with van der Waals surface area (Å²) in [6, 6.07) is 0. The number of likely N-dealkylation sites (tertiary alicyclic amines) is 1. The van der Waals surface area contributed by atoms with Gasteiger partial charge in [-0.3, -0.25) is 4.99 Å². The Kier molecular flexibility index (Phi) is 11.5. The van der Waals surface area contributed by atoms with Gasteiger partial charge in [0.25, 0.3) is 0 Å². The Labute approximate surface area is 182 Å². The number of guanidine groups is 1. The highest BCUT2D eigenvalue weighted by atomic mass is 127. The summed E-state index contributed by atoms with van der Waals surface area (Å²) in [4.78, 5) is 6.56. The molecule has 2 heterocycles. The lowest BCUT2D eigenvalue weighted by Crippen LogP contribution is -2.44. The number of sulfonamides is 1. The Hall–Kier alpha value is -0.130. The fraction of sp³-hybridized carbons (Fsp3) is 0.944. The summed E-state index contributed by atoms with van der Waals surface area (Å²) in [6.45, 7) is 7.97. The fourth-order valence-electron chi connectivity index (χ4n) is 3.77.